The summed E-state index contributed by atoms with van der Waals surface area (Å²) in [5.74, 6) is -0.436. The van der Waals surface area contributed by atoms with Crippen molar-refractivity contribution >= 4 is 35.4 Å². The Morgan fingerprint density at radius 1 is 1.03 bits per heavy atom. The number of ether oxygens (including phenoxy) is 2. The lowest BCUT2D eigenvalue weighted by molar-refractivity contribution is -0.384. The van der Waals surface area contributed by atoms with Gasteiger partial charge in [0.15, 0.2) is 6.61 Å². The van der Waals surface area contributed by atoms with E-state index in [0.29, 0.717) is 16.3 Å². The third-order valence-corrected chi connectivity index (χ3v) is 4.19. The highest BCUT2D eigenvalue weighted by atomic mass is 35.5. The van der Waals surface area contributed by atoms with E-state index in [0.717, 1.165) is 0 Å². The van der Waals surface area contributed by atoms with Crippen LogP contribution in [0.1, 0.15) is 15.9 Å². The van der Waals surface area contributed by atoms with Crippen LogP contribution >= 0.6 is 11.6 Å². The van der Waals surface area contributed by atoms with Gasteiger partial charge in [-0.25, -0.2) is 10.2 Å². The Balaban J connectivity index is 1.52. The first-order valence-electron chi connectivity index (χ1n) is 9.18. The highest BCUT2D eigenvalue weighted by molar-refractivity contribution is 6.30. The van der Waals surface area contributed by atoms with E-state index in [1.54, 1.807) is 48.5 Å². The lowest BCUT2D eigenvalue weighted by Gasteiger charge is -2.06. The quantitative estimate of drug-likeness (QED) is 0.181. The molecule has 1 amide bonds. The van der Waals surface area contributed by atoms with E-state index in [1.807, 2.05) is 0 Å². The molecule has 0 saturated carbocycles. The van der Waals surface area contributed by atoms with E-state index in [4.69, 9.17) is 21.1 Å². The minimum Gasteiger partial charge on any atom is -0.484 e. The number of carbonyl (C=O) groups is 2. The molecule has 0 aliphatic heterocycles. The fourth-order valence-corrected chi connectivity index (χ4v) is 2.64. The highest BCUT2D eigenvalue weighted by Crippen LogP contribution is 2.18. The predicted octanol–water partition coefficient (Wildman–Crippen LogP) is 4.00. The molecule has 32 heavy (non-hydrogen) atoms. The van der Waals surface area contributed by atoms with E-state index in [2.05, 4.69) is 10.5 Å². The summed E-state index contributed by atoms with van der Waals surface area (Å²) in [5, 5.41) is 15.0. The molecule has 0 aromatic heterocycles. The summed E-state index contributed by atoms with van der Waals surface area (Å²) < 4.78 is 10.6. The number of esters is 1. The zero-order valence-corrected chi connectivity index (χ0v) is 17.2. The molecule has 3 aromatic rings. The zero-order chi connectivity index (χ0) is 22.9. The van der Waals surface area contributed by atoms with Gasteiger partial charge in [0.2, 0.25) is 0 Å². The van der Waals surface area contributed by atoms with Gasteiger partial charge in [-0.05, 0) is 48.0 Å². The molecule has 10 heteroatoms. The van der Waals surface area contributed by atoms with Gasteiger partial charge in [-0.3, -0.25) is 14.9 Å². The van der Waals surface area contributed by atoms with Crippen molar-refractivity contribution in [1.82, 2.24) is 5.43 Å². The summed E-state index contributed by atoms with van der Waals surface area (Å²) >= 11 is 5.85. The van der Waals surface area contributed by atoms with Gasteiger partial charge in [-0.2, -0.15) is 5.10 Å². The summed E-state index contributed by atoms with van der Waals surface area (Å²) in [6, 6.07) is 18.2. The van der Waals surface area contributed by atoms with E-state index in [9.17, 15) is 19.7 Å². The van der Waals surface area contributed by atoms with E-state index >= 15 is 0 Å². The smallest absolute Gasteiger partial charge is 0.343 e. The van der Waals surface area contributed by atoms with Crippen LogP contribution in [-0.4, -0.2) is 29.6 Å². The number of hydrogen-bond acceptors (Lipinski definition) is 7. The zero-order valence-electron chi connectivity index (χ0n) is 16.4. The van der Waals surface area contributed by atoms with Crippen LogP contribution in [-0.2, 0) is 4.79 Å². The molecule has 0 spiro atoms. The fraction of sp³-hybridized carbons (Fsp3) is 0.0455. The SMILES string of the molecule is O=C(COc1cccc(Cl)c1)N/N=C\c1cccc(OC(=O)c2ccc([N+](=O)[O-])cc2)c1. The number of halogens is 1. The van der Waals surface area contributed by atoms with Gasteiger partial charge < -0.3 is 9.47 Å². The van der Waals surface area contributed by atoms with Gasteiger partial charge in [0.25, 0.3) is 11.6 Å². The number of carbonyl (C=O) groups excluding carboxylic acids is 2. The monoisotopic (exact) mass is 453 g/mol. The molecule has 162 valence electrons. The number of hydrazone groups is 1. The third-order valence-electron chi connectivity index (χ3n) is 3.95. The number of nitrogens with one attached hydrogen (secondary N) is 1. The number of nitrogens with zero attached hydrogens (tertiary/aromatic N) is 2. The molecule has 0 unspecified atom stereocenters. The van der Waals surface area contributed by atoms with Gasteiger partial charge in [0, 0.05) is 17.2 Å². The first-order valence-corrected chi connectivity index (χ1v) is 9.55. The van der Waals surface area contributed by atoms with Crippen LogP contribution in [0.2, 0.25) is 5.02 Å². The van der Waals surface area contributed by atoms with Crippen LogP contribution in [0.25, 0.3) is 0 Å². The maximum Gasteiger partial charge on any atom is 0.343 e. The van der Waals surface area contributed by atoms with Gasteiger partial charge in [0.05, 0.1) is 16.7 Å². The van der Waals surface area contributed by atoms with Crippen LogP contribution in [0.4, 0.5) is 5.69 Å². The summed E-state index contributed by atoms with van der Waals surface area (Å²) in [6.45, 7) is -0.245. The number of rotatable bonds is 8. The van der Waals surface area contributed by atoms with Gasteiger partial charge in [-0.1, -0.05) is 29.8 Å². The van der Waals surface area contributed by atoms with Crippen molar-refractivity contribution in [2.45, 2.75) is 0 Å². The largest absolute Gasteiger partial charge is 0.484 e. The number of amides is 1. The molecule has 0 aliphatic rings. The minimum atomic E-state index is -0.666. The Morgan fingerprint density at radius 2 is 1.75 bits per heavy atom. The third kappa shape index (κ3) is 6.64. The van der Waals surface area contributed by atoms with Crippen molar-refractivity contribution in [3.8, 4) is 11.5 Å². The highest BCUT2D eigenvalue weighted by Gasteiger charge is 2.11. The van der Waals surface area contributed by atoms with Crippen LogP contribution in [0.3, 0.4) is 0 Å². The Bertz CT molecular complexity index is 1160. The summed E-state index contributed by atoms with van der Waals surface area (Å²) in [4.78, 5) is 34.2. The van der Waals surface area contributed by atoms with E-state index in [-0.39, 0.29) is 23.6 Å². The number of nitro groups is 1. The molecular weight excluding hydrogens is 438 g/mol. The molecule has 0 radical (unpaired) electrons. The molecule has 0 atom stereocenters. The normalized spacial score (nSPS) is 10.5. The maximum absolute atomic E-state index is 12.2. The van der Waals surface area contributed by atoms with Gasteiger partial charge >= 0.3 is 5.97 Å². The maximum atomic E-state index is 12.2. The minimum absolute atomic E-state index is 0.125. The number of non-ortho nitro benzene ring substituents is 1. The molecule has 3 rings (SSSR count). The van der Waals surface area contributed by atoms with Crippen LogP contribution in [0.5, 0.6) is 11.5 Å². The molecule has 0 bridgehead atoms. The summed E-state index contributed by atoms with van der Waals surface area (Å²) in [7, 11) is 0. The van der Waals surface area contributed by atoms with Crippen molar-refractivity contribution < 1.29 is 24.0 Å². The fourth-order valence-electron chi connectivity index (χ4n) is 2.46. The molecular formula is C22H16ClN3O6. The van der Waals surface area contributed by atoms with Crippen molar-refractivity contribution in [2.75, 3.05) is 6.61 Å². The Morgan fingerprint density at radius 3 is 2.47 bits per heavy atom. The van der Waals surface area contributed by atoms with Crippen LogP contribution < -0.4 is 14.9 Å². The molecule has 3 aromatic carbocycles. The summed E-state index contributed by atoms with van der Waals surface area (Å²) in [6.07, 6.45) is 1.38. The number of nitro benzene ring substituents is 1. The van der Waals surface area contributed by atoms with Crippen molar-refractivity contribution in [1.29, 1.82) is 0 Å². The molecule has 0 fully saturated rings. The lowest BCUT2D eigenvalue weighted by atomic mass is 10.2. The van der Waals surface area contributed by atoms with Crippen LogP contribution in [0, 0.1) is 10.1 Å². The van der Waals surface area contributed by atoms with Crippen LogP contribution in [0.15, 0.2) is 77.9 Å². The molecule has 9 nitrogen and oxygen atoms in total. The number of hydrogen-bond donors (Lipinski definition) is 1. The van der Waals surface area contributed by atoms with Crippen molar-refractivity contribution in [2.24, 2.45) is 5.10 Å². The average Bonchev–Trinajstić information content (AvgIpc) is 2.78. The van der Waals surface area contributed by atoms with E-state index < -0.39 is 16.8 Å². The predicted molar refractivity (Wildman–Crippen MR) is 117 cm³/mol. The molecule has 0 saturated heterocycles. The molecule has 0 aliphatic carbocycles. The second kappa shape index (κ2) is 10.7. The number of benzene rings is 3. The second-order valence-corrected chi connectivity index (χ2v) is 6.74. The van der Waals surface area contributed by atoms with Crippen molar-refractivity contribution in [3.63, 3.8) is 0 Å². The average molecular weight is 454 g/mol. The van der Waals surface area contributed by atoms with Gasteiger partial charge in [-0.15, -0.1) is 0 Å². The first-order chi connectivity index (χ1) is 15.4. The lowest BCUT2D eigenvalue weighted by Crippen LogP contribution is -2.24. The second-order valence-electron chi connectivity index (χ2n) is 6.31. The standard InChI is InChI=1S/C22H16ClN3O6/c23-17-4-2-5-19(12-17)31-14-21(27)25-24-13-15-3-1-6-20(11-15)32-22(28)16-7-9-18(10-8-16)26(29)30/h1-13H,14H2,(H,25,27)/b24-13-. The topological polar surface area (TPSA) is 120 Å². The van der Waals surface area contributed by atoms with Gasteiger partial charge in [0.1, 0.15) is 11.5 Å². The first kappa shape index (κ1) is 22.4. The Kier molecular flexibility index (Phi) is 7.50. The molecule has 0 heterocycles. The van der Waals surface area contributed by atoms with E-state index in [1.165, 1.54) is 30.5 Å². The Labute approximate surface area is 187 Å². The van der Waals surface area contributed by atoms with Crippen molar-refractivity contribution in [3.05, 3.63) is 99.1 Å². The molecule has 1 N–H and O–H groups in total. The Hall–Kier alpha value is -4.24. The summed E-state index contributed by atoms with van der Waals surface area (Å²) in [5.41, 5.74) is 2.93.